The molecule has 4 aliphatic heterocycles. The zero-order chi connectivity index (χ0) is 62.7. The lowest BCUT2D eigenvalue weighted by Crippen LogP contribution is -2.46. The number of hydrogen-bond donors (Lipinski definition) is 0. The number of fused-ring (bicyclic) bond motifs is 10. The number of methoxy groups -OCH3 is 2. The van der Waals surface area contributed by atoms with Gasteiger partial charge in [-0.1, -0.05) is 74.3 Å². The summed E-state index contributed by atoms with van der Waals surface area (Å²) in [5, 5.41) is 1.84. The molecule has 4 aromatic rings. The van der Waals surface area contributed by atoms with Gasteiger partial charge in [-0.05, 0) is 165 Å². The molecule has 0 radical (unpaired) electrons. The molecule has 12 rings (SSSR count). The highest BCUT2D eigenvalue weighted by Gasteiger charge is 2.49. The normalized spacial score (nSPS) is 28.8. The first kappa shape index (κ1) is 64.3. The molecule has 4 saturated carbocycles. The second kappa shape index (κ2) is 30.3. The fraction of sp³-hybridized carbons (Fsp3) is 0.611. The third-order valence-corrected chi connectivity index (χ3v) is 20.5. The van der Waals surface area contributed by atoms with E-state index in [0.29, 0.717) is 49.7 Å². The van der Waals surface area contributed by atoms with Crippen molar-refractivity contribution >= 4 is 57.5 Å². The molecule has 0 N–H and O–H groups in total. The second-order valence-corrected chi connectivity index (χ2v) is 26.0. The van der Waals surface area contributed by atoms with Crippen LogP contribution in [0.15, 0.2) is 72.8 Å². The third kappa shape index (κ3) is 14.7. The van der Waals surface area contributed by atoms with E-state index in [-0.39, 0.29) is 86.6 Å². The molecule has 6 fully saturated rings. The largest absolute Gasteiger partial charge is 0.493 e. The lowest BCUT2D eigenvalue weighted by Gasteiger charge is -2.30. The average Bonchev–Trinajstić information content (AvgIpc) is 1.56. The van der Waals surface area contributed by atoms with E-state index in [1.807, 2.05) is 62.4 Å². The van der Waals surface area contributed by atoms with Crippen LogP contribution in [-0.4, -0.2) is 132 Å². The number of ether oxygens (including phenoxy) is 8. The van der Waals surface area contributed by atoms with Crippen LogP contribution in [0.2, 0.25) is 0 Å². The van der Waals surface area contributed by atoms with Gasteiger partial charge in [-0.15, -0.1) is 0 Å². The summed E-state index contributed by atoms with van der Waals surface area (Å²) in [4.78, 5) is 94.7. The molecule has 18 heteroatoms. The van der Waals surface area contributed by atoms with Gasteiger partial charge in [0.15, 0.2) is 0 Å². The lowest BCUT2D eigenvalue weighted by molar-refractivity contribution is -0.158. The highest BCUT2D eigenvalue weighted by atomic mass is 16.6. The third-order valence-electron chi connectivity index (χ3n) is 20.5. The maximum atomic E-state index is 14.4. The van der Waals surface area contributed by atoms with E-state index in [0.717, 1.165) is 160 Å². The minimum Gasteiger partial charge on any atom is -0.493 e. The predicted octanol–water partition coefficient (Wildman–Crippen LogP) is 11.9. The van der Waals surface area contributed by atoms with Gasteiger partial charge < -0.3 is 47.7 Å². The summed E-state index contributed by atoms with van der Waals surface area (Å²) in [6, 6.07) is 14.1. The quantitative estimate of drug-likeness (QED) is 0.0912. The van der Waals surface area contributed by atoms with Crippen LogP contribution in [0.25, 0.3) is 21.8 Å². The highest BCUT2D eigenvalue weighted by molar-refractivity contribution is 5.91. The van der Waals surface area contributed by atoms with Crippen molar-refractivity contribution < 1.29 is 66.7 Å². The van der Waals surface area contributed by atoms with E-state index < -0.39 is 48.1 Å². The van der Waals surface area contributed by atoms with Crippen molar-refractivity contribution in [3.05, 3.63) is 84.0 Å². The minimum absolute atomic E-state index is 0.0383. The van der Waals surface area contributed by atoms with Crippen LogP contribution in [0.1, 0.15) is 166 Å². The van der Waals surface area contributed by atoms with Gasteiger partial charge in [-0.25, -0.2) is 19.6 Å². The van der Waals surface area contributed by atoms with Crippen LogP contribution in [-0.2, 0) is 60.6 Å². The first-order valence-corrected chi connectivity index (χ1v) is 33.8. The minimum atomic E-state index is -0.802. The summed E-state index contributed by atoms with van der Waals surface area (Å²) >= 11 is 0. The number of carbonyl (C=O) groups is 6. The molecule has 90 heavy (non-hydrogen) atoms. The van der Waals surface area contributed by atoms with Gasteiger partial charge >= 0.3 is 23.9 Å². The summed E-state index contributed by atoms with van der Waals surface area (Å²) in [6.45, 7) is 5.32. The Balaban J connectivity index is 0.000000185. The molecule has 484 valence electrons. The van der Waals surface area contributed by atoms with E-state index >= 15 is 0 Å². The molecule has 0 spiro atoms. The summed E-state index contributed by atoms with van der Waals surface area (Å²) in [5.41, 5.74) is 3.22. The Bertz CT molecular complexity index is 3050. The molecule has 2 aromatic heterocycles. The maximum absolute atomic E-state index is 14.4. The van der Waals surface area contributed by atoms with Crippen molar-refractivity contribution in [1.82, 2.24) is 19.8 Å². The second-order valence-electron chi connectivity index (χ2n) is 26.0. The van der Waals surface area contributed by atoms with E-state index in [4.69, 9.17) is 47.9 Å². The number of hydrogen-bond acceptors (Lipinski definition) is 16. The van der Waals surface area contributed by atoms with Crippen molar-refractivity contribution in [2.45, 2.75) is 204 Å². The fourth-order valence-electron chi connectivity index (χ4n) is 15.9. The van der Waals surface area contributed by atoms with Crippen LogP contribution in [0, 0.1) is 35.5 Å². The van der Waals surface area contributed by atoms with Crippen LogP contribution >= 0.6 is 0 Å². The van der Waals surface area contributed by atoms with Crippen LogP contribution in [0.4, 0.5) is 0 Å². The molecule has 4 bridgehead atoms. The number of benzene rings is 2. The monoisotopic (exact) mass is 1240 g/mol. The van der Waals surface area contributed by atoms with Crippen molar-refractivity contribution in [2.75, 3.05) is 40.5 Å². The number of rotatable bonds is 8. The fourth-order valence-corrected chi connectivity index (χ4v) is 15.9. The Morgan fingerprint density at radius 2 is 0.900 bits per heavy atom. The zero-order valence-corrected chi connectivity index (χ0v) is 53.2. The number of pyridine rings is 2. The molecule has 2 saturated heterocycles. The smallest absolute Gasteiger partial charge is 0.328 e. The number of amides is 2. The van der Waals surface area contributed by atoms with Crippen LogP contribution in [0.5, 0.6) is 23.3 Å². The van der Waals surface area contributed by atoms with Gasteiger partial charge in [0.1, 0.15) is 48.0 Å². The van der Waals surface area contributed by atoms with Crippen molar-refractivity contribution in [2.24, 2.45) is 35.5 Å². The number of aromatic nitrogens is 2. The Morgan fingerprint density at radius 1 is 0.500 bits per heavy atom. The summed E-state index contributed by atoms with van der Waals surface area (Å²) in [6.07, 6.45) is 26.4. The Morgan fingerprint density at radius 3 is 1.30 bits per heavy atom. The standard InChI is InChI=1S/2C36H46N2O7/c2*1-3-43-33-26-16-9-10-18-29(26)37-34-27(33)17-6-4-5-14-24-15-11-19-31(24)45-32(39)21-28(23-12-7-8-13-23)35(40)38-22-25(44-34)20-30(38)36(41)42-2/h2*4,6,9-10,16,18,23-25,28,30-31H,3,5,7-8,11-15,17,19-22H2,1-2H3/b6-4+;6-4-/t2*24-,25-,28+,30+,31-/m11/s1. The molecular formula is C72H92N4O14. The molecule has 4 aliphatic carbocycles. The van der Waals surface area contributed by atoms with Crippen molar-refractivity contribution in [3.8, 4) is 23.3 Å². The molecule has 10 atom stereocenters. The van der Waals surface area contributed by atoms with Gasteiger partial charge in [0.25, 0.3) is 0 Å². The summed E-state index contributed by atoms with van der Waals surface area (Å²) in [5.74, 6) is 0.181. The van der Waals surface area contributed by atoms with Crippen LogP contribution in [0.3, 0.4) is 0 Å². The van der Waals surface area contributed by atoms with Gasteiger partial charge in [-0.2, -0.15) is 0 Å². The van der Waals surface area contributed by atoms with E-state index in [1.54, 1.807) is 9.80 Å². The number of para-hydroxylation sites is 2. The number of carbonyl (C=O) groups excluding carboxylic acids is 6. The van der Waals surface area contributed by atoms with E-state index in [9.17, 15) is 28.8 Å². The summed E-state index contributed by atoms with van der Waals surface area (Å²) in [7, 11) is 2.68. The molecule has 2 aromatic carbocycles. The maximum Gasteiger partial charge on any atom is 0.328 e. The molecule has 2 amide bonds. The lowest BCUT2D eigenvalue weighted by atomic mass is 9.86. The Labute approximate surface area is 529 Å². The van der Waals surface area contributed by atoms with Gasteiger partial charge in [0.2, 0.25) is 23.6 Å². The topological polar surface area (TPSA) is 209 Å². The SMILES string of the molecule is CCOc1c2c(nc3ccccc13)O[C@@H]1C[C@@H](C(=O)OC)N(C1)C(=O)[C@H](C1CCCC1)CC(=O)O[C@@H]1CCC[C@H]1CC/C=C/C2.CCOc1c2c(nc3ccccc13)O[C@@H]1C[C@@H](C(=O)OC)N(C1)C(=O)[C@H](C1CCCC1)CC(=O)O[C@@H]1CCC[C@H]1CC/C=C\C2. The first-order valence-electron chi connectivity index (χ1n) is 33.8. The highest BCUT2D eigenvalue weighted by Crippen LogP contribution is 2.44. The Hall–Kier alpha value is -7.24. The van der Waals surface area contributed by atoms with Gasteiger partial charge in [0.05, 0.1) is 87.4 Å². The predicted molar refractivity (Wildman–Crippen MR) is 338 cm³/mol. The molecular weight excluding hydrogens is 1140 g/mol. The summed E-state index contributed by atoms with van der Waals surface area (Å²) < 4.78 is 48.2. The molecule has 6 heterocycles. The average molecular weight is 1240 g/mol. The van der Waals surface area contributed by atoms with E-state index in [2.05, 4.69) is 24.3 Å². The van der Waals surface area contributed by atoms with Gasteiger partial charge in [0, 0.05) is 23.6 Å². The number of nitrogens with zero attached hydrogens (tertiary/aromatic N) is 4. The van der Waals surface area contributed by atoms with Crippen LogP contribution < -0.4 is 18.9 Å². The first-order chi connectivity index (χ1) is 43.9. The zero-order valence-electron chi connectivity index (χ0n) is 53.2. The Kier molecular flexibility index (Phi) is 21.6. The van der Waals surface area contributed by atoms with Crippen molar-refractivity contribution in [3.63, 3.8) is 0 Å². The number of esters is 4. The molecule has 18 nitrogen and oxygen atoms in total. The molecule has 0 unspecified atom stereocenters. The number of allylic oxidation sites excluding steroid dienone is 4. The van der Waals surface area contributed by atoms with Crippen molar-refractivity contribution in [1.29, 1.82) is 0 Å². The van der Waals surface area contributed by atoms with E-state index in [1.165, 1.54) is 14.2 Å². The molecule has 8 aliphatic rings. The van der Waals surface area contributed by atoms with Gasteiger partial charge in [-0.3, -0.25) is 19.2 Å².